The summed E-state index contributed by atoms with van der Waals surface area (Å²) in [4.78, 5) is 11.5. The van der Waals surface area contributed by atoms with Gasteiger partial charge in [0.05, 0.1) is 6.54 Å². The Morgan fingerprint density at radius 1 is 1.33 bits per heavy atom. The number of nitrogens with one attached hydrogen (secondary N) is 2. The van der Waals surface area contributed by atoms with Crippen LogP contribution in [0, 0.1) is 5.92 Å². The van der Waals surface area contributed by atoms with Crippen molar-refractivity contribution in [3.8, 4) is 0 Å². The number of halogens is 1. The van der Waals surface area contributed by atoms with Crippen LogP contribution in [0.3, 0.4) is 0 Å². The third-order valence-electron chi connectivity index (χ3n) is 2.60. The summed E-state index contributed by atoms with van der Waals surface area (Å²) in [5.74, 6) is 0.682. The molecule has 3 nitrogen and oxygen atoms in total. The maximum absolute atomic E-state index is 11.5. The second kappa shape index (κ2) is 8.27. The lowest BCUT2D eigenvalue weighted by Crippen LogP contribution is -2.34. The zero-order valence-electron chi connectivity index (χ0n) is 11.0. The largest absolute Gasteiger partial charge is 0.355 e. The van der Waals surface area contributed by atoms with E-state index in [2.05, 4.69) is 40.4 Å². The molecule has 0 unspecified atom stereocenters. The third kappa shape index (κ3) is 6.17. The first kappa shape index (κ1) is 15.2. The third-order valence-corrected chi connectivity index (χ3v) is 3.38. The predicted molar refractivity (Wildman–Crippen MR) is 78.3 cm³/mol. The first-order valence-corrected chi connectivity index (χ1v) is 7.09. The Kier molecular flexibility index (Phi) is 6.98. The summed E-state index contributed by atoms with van der Waals surface area (Å²) in [5.41, 5.74) is 1.16. The Labute approximate surface area is 117 Å². The summed E-state index contributed by atoms with van der Waals surface area (Å²) in [6.07, 6.45) is 1.02. The minimum Gasteiger partial charge on any atom is -0.355 e. The summed E-state index contributed by atoms with van der Waals surface area (Å²) in [6, 6.07) is 8.00. The molecule has 0 aromatic heterocycles. The standard InChI is InChI=1S/C14H21BrN2O/c1-11(2)7-8-17-14(18)10-16-9-12-5-3-4-6-13(12)15/h3-6,11,16H,7-10H2,1-2H3,(H,17,18). The van der Waals surface area contributed by atoms with Gasteiger partial charge in [-0.15, -0.1) is 0 Å². The van der Waals surface area contributed by atoms with Gasteiger partial charge in [-0.2, -0.15) is 0 Å². The van der Waals surface area contributed by atoms with Gasteiger partial charge < -0.3 is 10.6 Å². The topological polar surface area (TPSA) is 41.1 Å². The maximum Gasteiger partial charge on any atom is 0.233 e. The van der Waals surface area contributed by atoms with Gasteiger partial charge in [-0.3, -0.25) is 4.79 Å². The molecular weight excluding hydrogens is 292 g/mol. The van der Waals surface area contributed by atoms with Crippen LogP contribution in [0.25, 0.3) is 0 Å². The van der Waals surface area contributed by atoms with Gasteiger partial charge in [0.15, 0.2) is 0 Å². The highest BCUT2D eigenvalue weighted by atomic mass is 79.9. The van der Waals surface area contributed by atoms with E-state index in [1.807, 2.05) is 24.3 Å². The smallest absolute Gasteiger partial charge is 0.233 e. The fourth-order valence-electron chi connectivity index (χ4n) is 1.52. The van der Waals surface area contributed by atoms with E-state index in [4.69, 9.17) is 0 Å². The molecule has 1 rings (SSSR count). The van der Waals surface area contributed by atoms with Crippen LogP contribution in [0.15, 0.2) is 28.7 Å². The molecule has 0 spiro atoms. The first-order valence-electron chi connectivity index (χ1n) is 6.30. The predicted octanol–water partition coefficient (Wildman–Crippen LogP) is 2.70. The molecule has 1 aromatic carbocycles. The minimum absolute atomic E-state index is 0.0581. The molecule has 0 heterocycles. The molecule has 0 aliphatic rings. The normalized spacial score (nSPS) is 10.7. The number of hydrogen-bond donors (Lipinski definition) is 2. The molecule has 0 fully saturated rings. The molecule has 0 atom stereocenters. The van der Waals surface area contributed by atoms with E-state index in [0.717, 1.165) is 23.0 Å². The molecule has 0 radical (unpaired) electrons. The van der Waals surface area contributed by atoms with Crippen molar-refractivity contribution in [1.82, 2.24) is 10.6 Å². The summed E-state index contributed by atoms with van der Waals surface area (Å²) in [6.45, 7) is 6.11. The van der Waals surface area contributed by atoms with E-state index < -0.39 is 0 Å². The molecule has 0 saturated carbocycles. The molecule has 1 aromatic rings. The molecular formula is C14H21BrN2O. The van der Waals surface area contributed by atoms with E-state index in [-0.39, 0.29) is 5.91 Å². The molecule has 100 valence electrons. The molecule has 0 aliphatic carbocycles. The highest BCUT2D eigenvalue weighted by molar-refractivity contribution is 9.10. The minimum atomic E-state index is 0.0581. The lowest BCUT2D eigenvalue weighted by Gasteiger charge is -2.09. The fourth-order valence-corrected chi connectivity index (χ4v) is 1.94. The number of carbonyl (C=O) groups excluding carboxylic acids is 1. The second-order valence-electron chi connectivity index (χ2n) is 4.73. The summed E-state index contributed by atoms with van der Waals surface area (Å²) in [5, 5.41) is 6.04. The van der Waals surface area contributed by atoms with Crippen molar-refractivity contribution in [1.29, 1.82) is 0 Å². The number of carbonyl (C=O) groups is 1. The molecule has 18 heavy (non-hydrogen) atoms. The zero-order chi connectivity index (χ0) is 13.4. The summed E-state index contributed by atoms with van der Waals surface area (Å²) >= 11 is 3.48. The van der Waals surface area contributed by atoms with Gasteiger partial charge in [-0.05, 0) is 24.0 Å². The average Bonchev–Trinajstić information content (AvgIpc) is 2.31. The van der Waals surface area contributed by atoms with Crippen LogP contribution in [-0.2, 0) is 11.3 Å². The van der Waals surface area contributed by atoms with Crippen LogP contribution in [0.1, 0.15) is 25.8 Å². The fraction of sp³-hybridized carbons (Fsp3) is 0.500. The van der Waals surface area contributed by atoms with Crippen molar-refractivity contribution in [2.75, 3.05) is 13.1 Å². The molecule has 0 saturated heterocycles. The highest BCUT2D eigenvalue weighted by Gasteiger charge is 2.02. The van der Waals surface area contributed by atoms with Crippen LogP contribution in [-0.4, -0.2) is 19.0 Å². The van der Waals surface area contributed by atoms with Crippen molar-refractivity contribution in [3.05, 3.63) is 34.3 Å². The Bertz CT molecular complexity index is 380. The highest BCUT2D eigenvalue weighted by Crippen LogP contribution is 2.14. The maximum atomic E-state index is 11.5. The SMILES string of the molecule is CC(C)CCNC(=O)CNCc1ccccc1Br. The first-order chi connectivity index (χ1) is 8.59. The van der Waals surface area contributed by atoms with Crippen molar-refractivity contribution in [2.24, 2.45) is 5.92 Å². The second-order valence-corrected chi connectivity index (χ2v) is 5.58. The summed E-state index contributed by atoms with van der Waals surface area (Å²) in [7, 11) is 0. The van der Waals surface area contributed by atoms with Gasteiger partial charge in [0.1, 0.15) is 0 Å². The van der Waals surface area contributed by atoms with Crippen LogP contribution in [0.2, 0.25) is 0 Å². The van der Waals surface area contributed by atoms with Crippen molar-refractivity contribution in [2.45, 2.75) is 26.8 Å². The van der Waals surface area contributed by atoms with E-state index in [9.17, 15) is 4.79 Å². The van der Waals surface area contributed by atoms with Crippen LogP contribution in [0.5, 0.6) is 0 Å². The van der Waals surface area contributed by atoms with Gasteiger partial charge in [0.25, 0.3) is 0 Å². The number of benzene rings is 1. The molecule has 4 heteroatoms. The van der Waals surface area contributed by atoms with Gasteiger partial charge in [-0.1, -0.05) is 48.0 Å². The Morgan fingerprint density at radius 3 is 2.72 bits per heavy atom. The zero-order valence-corrected chi connectivity index (χ0v) is 12.6. The van der Waals surface area contributed by atoms with E-state index in [1.165, 1.54) is 0 Å². The van der Waals surface area contributed by atoms with Crippen LogP contribution >= 0.6 is 15.9 Å². The van der Waals surface area contributed by atoms with Gasteiger partial charge in [0, 0.05) is 17.6 Å². The van der Waals surface area contributed by atoms with Crippen molar-refractivity contribution < 1.29 is 4.79 Å². The van der Waals surface area contributed by atoms with Gasteiger partial charge in [-0.25, -0.2) is 0 Å². The lowest BCUT2D eigenvalue weighted by molar-refractivity contribution is -0.120. The quantitative estimate of drug-likeness (QED) is 0.813. The van der Waals surface area contributed by atoms with Crippen LogP contribution in [0.4, 0.5) is 0 Å². The van der Waals surface area contributed by atoms with Gasteiger partial charge in [0.2, 0.25) is 5.91 Å². The van der Waals surface area contributed by atoms with Crippen LogP contribution < -0.4 is 10.6 Å². The molecule has 0 bridgehead atoms. The average molecular weight is 313 g/mol. The van der Waals surface area contributed by atoms with Crippen molar-refractivity contribution in [3.63, 3.8) is 0 Å². The van der Waals surface area contributed by atoms with E-state index >= 15 is 0 Å². The number of rotatable bonds is 7. The number of amides is 1. The number of hydrogen-bond acceptors (Lipinski definition) is 2. The molecule has 2 N–H and O–H groups in total. The van der Waals surface area contributed by atoms with Gasteiger partial charge >= 0.3 is 0 Å². The van der Waals surface area contributed by atoms with Crippen molar-refractivity contribution >= 4 is 21.8 Å². The Balaban J connectivity index is 2.18. The molecule has 0 aliphatic heterocycles. The lowest BCUT2D eigenvalue weighted by atomic mass is 10.1. The van der Waals surface area contributed by atoms with E-state index in [0.29, 0.717) is 19.0 Å². The summed E-state index contributed by atoms with van der Waals surface area (Å²) < 4.78 is 1.07. The monoisotopic (exact) mass is 312 g/mol. The Morgan fingerprint density at radius 2 is 2.06 bits per heavy atom. The Hall–Kier alpha value is -0.870. The van der Waals surface area contributed by atoms with E-state index in [1.54, 1.807) is 0 Å². The molecule has 1 amide bonds.